The van der Waals surface area contributed by atoms with E-state index >= 15 is 0 Å². The number of carbonyl (C=O) groups excluding carboxylic acids is 1. The molecule has 2 rings (SSSR count). The van der Waals surface area contributed by atoms with Crippen molar-refractivity contribution in [3.05, 3.63) is 29.6 Å². The summed E-state index contributed by atoms with van der Waals surface area (Å²) in [4.78, 5) is 18.3. The van der Waals surface area contributed by atoms with Crippen LogP contribution in [-0.2, 0) is 0 Å². The minimum Gasteiger partial charge on any atom is -0.338 e. The molecule has 1 saturated heterocycles. The average Bonchev–Trinajstić information content (AvgIpc) is 2.76. The molecular formula is C15H19N3O. The van der Waals surface area contributed by atoms with Gasteiger partial charge in [0.2, 0.25) is 0 Å². The second-order valence-corrected chi connectivity index (χ2v) is 5.61. The molecule has 0 atom stereocenters. The van der Waals surface area contributed by atoms with E-state index in [2.05, 4.69) is 30.7 Å². The molecule has 0 unspecified atom stereocenters. The number of likely N-dealkylation sites (tertiary alicyclic amines) is 1. The number of hydrogen-bond acceptors (Lipinski definition) is 3. The largest absolute Gasteiger partial charge is 0.338 e. The SMILES string of the molecule is CC1(C)CCN(C(=O)c2cncc(C#CCN)c2)C1. The molecule has 1 fully saturated rings. The standard InChI is InChI=1S/C15H19N3O/c1-15(2)5-7-18(11-15)14(19)13-8-12(4-3-6-16)9-17-10-13/h8-10H,5-7,11,16H2,1-2H3. The predicted molar refractivity (Wildman–Crippen MR) is 74.5 cm³/mol. The minimum absolute atomic E-state index is 0.0365. The van der Waals surface area contributed by atoms with E-state index in [-0.39, 0.29) is 11.3 Å². The summed E-state index contributed by atoms with van der Waals surface area (Å²) in [6.45, 7) is 6.27. The van der Waals surface area contributed by atoms with E-state index in [1.807, 2.05) is 4.90 Å². The molecule has 1 aromatic heterocycles. The molecule has 0 aliphatic carbocycles. The summed E-state index contributed by atoms with van der Waals surface area (Å²) < 4.78 is 0. The predicted octanol–water partition coefficient (Wildman–Crippen LogP) is 1.26. The van der Waals surface area contributed by atoms with E-state index in [0.29, 0.717) is 12.1 Å². The van der Waals surface area contributed by atoms with Gasteiger partial charge in [-0.1, -0.05) is 25.7 Å². The number of nitrogens with two attached hydrogens (primary N) is 1. The van der Waals surface area contributed by atoms with Crippen molar-refractivity contribution in [3.63, 3.8) is 0 Å². The second kappa shape index (κ2) is 5.41. The van der Waals surface area contributed by atoms with Gasteiger partial charge in [0.25, 0.3) is 5.91 Å². The molecule has 2 N–H and O–H groups in total. The molecule has 1 aliphatic heterocycles. The quantitative estimate of drug-likeness (QED) is 0.771. The van der Waals surface area contributed by atoms with Crippen molar-refractivity contribution in [2.75, 3.05) is 19.6 Å². The molecular weight excluding hydrogens is 238 g/mol. The minimum atomic E-state index is 0.0365. The first-order valence-corrected chi connectivity index (χ1v) is 6.45. The summed E-state index contributed by atoms with van der Waals surface area (Å²) >= 11 is 0. The number of hydrogen-bond donors (Lipinski definition) is 1. The lowest BCUT2D eigenvalue weighted by Crippen LogP contribution is -2.30. The van der Waals surface area contributed by atoms with Crippen LogP contribution >= 0.6 is 0 Å². The Labute approximate surface area is 114 Å². The molecule has 1 aromatic rings. The lowest BCUT2D eigenvalue weighted by molar-refractivity contribution is 0.0778. The molecule has 0 aromatic carbocycles. The molecule has 19 heavy (non-hydrogen) atoms. The Morgan fingerprint density at radius 2 is 2.32 bits per heavy atom. The third kappa shape index (κ3) is 3.33. The van der Waals surface area contributed by atoms with E-state index in [1.165, 1.54) is 0 Å². The lowest BCUT2D eigenvalue weighted by Gasteiger charge is -2.19. The van der Waals surface area contributed by atoms with Crippen LogP contribution in [0, 0.1) is 17.3 Å². The van der Waals surface area contributed by atoms with Gasteiger partial charge < -0.3 is 10.6 Å². The second-order valence-electron chi connectivity index (χ2n) is 5.61. The van der Waals surface area contributed by atoms with Crippen LogP contribution in [0.15, 0.2) is 18.5 Å². The molecule has 0 spiro atoms. The van der Waals surface area contributed by atoms with Crippen LogP contribution in [0.1, 0.15) is 36.2 Å². The zero-order chi connectivity index (χ0) is 13.9. The third-order valence-electron chi connectivity index (χ3n) is 3.28. The summed E-state index contributed by atoms with van der Waals surface area (Å²) in [5.41, 5.74) is 6.87. The highest BCUT2D eigenvalue weighted by Crippen LogP contribution is 2.29. The van der Waals surface area contributed by atoms with Crippen molar-refractivity contribution in [2.24, 2.45) is 11.1 Å². The van der Waals surface area contributed by atoms with Crippen LogP contribution in [0.2, 0.25) is 0 Å². The smallest absolute Gasteiger partial charge is 0.255 e. The van der Waals surface area contributed by atoms with Crippen molar-refractivity contribution in [1.82, 2.24) is 9.88 Å². The highest BCUT2D eigenvalue weighted by atomic mass is 16.2. The van der Waals surface area contributed by atoms with Crippen molar-refractivity contribution in [1.29, 1.82) is 0 Å². The fourth-order valence-corrected chi connectivity index (χ4v) is 2.25. The molecule has 2 heterocycles. The molecule has 100 valence electrons. The Morgan fingerprint density at radius 1 is 1.53 bits per heavy atom. The summed E-state index contributed by atoms with van der Waals surface area (Å²) in [6.07, 6.45) is 4.29. The van der Waals surface area contributed by atoms with Gasteiger partial charge in [-0.25, -0.2) is 0 Å². The van der Waals surface area contributed by atoms with Crippen molar-refractivity contribution >= 4 is 5.91 Å². The summed E-state index contributed by atoms with van der Waals surface area (Å²) in [7, 11) is 0. The van der Waals surface area contributed by atoms with E-state index in [1.54, 1.807) is 18.5 Å². The summed E-state index contributed by atoms with van der Waals surface area (Å²) in [5.74, 6) is 5.70. The van der Waals surface area contributed by atoms with Crippen LogP contribution in [0.5, 0.6) is 0 Å². The van der Waals surface area contributed by atoms with E-state index in [0.717, 1.165) is 25.1 Å². The first-order chi connectivity index (χ1) is 9.02. The normalized spacial score (nSPS) is 16.9. The van der Waals surface area contributed by atoms with E-state index < -0.39 is 0 Å². The number of nitrogens with zero attached hydrogens (tertiary/aromatic N) is 2. The molecule has 4 nitrogen and oxygen atoms in total. The maximum absolute atomic E-state index is 12.4. The van der Waals surface area contributed by atoms with Crippen molar-refractivity contribution in [2.45, 2.75) is 20.3 Å². The van der Waals surface area contributed by atoms with Crippen molar-refractivity contribution < 1.29 is 4.79 Å². The number of aromatic nitrogens is 1. The maximum atomic E-state index is 12.4. The van der Waals surface area contributed by atoms with E-state index in [9.17, 15) is 4.79 Å². The number of rotatable bonds is 1. The number of amides is 1. The Balaban J connectivity index is 2.16. The zero-order valence-electron chi connectivity index (χ0n) is 11.4. The molecule has 4 heteroatoms. The fraction of sp³-hybridized carbons (Fsp3) is 0.467. The molecule has 0 radical (unpaired) electrons. The molecule has 0 saturated carbocycles. The van der Waals surface area contributed by atoms with Crippen LogP contribution < -0.4 is 5.73 Å². The van der Waals surface area contributed by atoms with Gasteiger partial charge in [-0.05, 0) is 17.9 Å². The first-order valence-electron chi connectivity index (χ1n) is 6.45. The van der Waals surface area contributed by atoms with Crippen molar-refractivity contribution in [3.8, 4) is 11.8 Å². The fourth-order valence-electron chi connectivity index (χ4n) is 2.25. The van der Waals surface area contributed by atoms with Crippen LogP contribution in [0.4, 0.5) is 0 Å². The van der Waals surface area contributed by atoms with E-state index in [4.69, 9.17) is 5.73 Å². The summed E-state index contributed by atoms with van der Waals surface area (Å²) in [6, 6.07) is 1.78. The topological polar surface area (TPSA) is 59.2 Å². The van der Waals surface area contributed by atoms with Gasteiger partial charge in [0, 0.05) is 31.0 Å². The van der Waals surface area contributed by atoms with Crippen LogP contribution in [-0.4, -0.2) is 35.4 Å². The first kappa shape index (κ1) is 13.6. The number of pyridine rings is 1. The van der Waals surface area contributed by atoms with Gasteiger partial charge >= 0.3 is 0 Å². The van der Waals surface area contributed by atoms with Gasteiger partial charge in [0.05, 0.1) is 12.1 Å². The Hall–Kier alpha value is -1.86. The average molecular weight is 257 g/mol. The van der Waals surface area contributed by atoms with Crippen LogP contribution in [0.25, 0.3) is 0 Å². The Morgan fingerprint density at radius 3 is 2.95 bits per heavy atom. The van der Waals surface area contributed by atoms with Gasteiger partial charge in [0.1, 0.15) is 0 Å². The Kier molecular flexibility index (Phi) is 3.87. The van der Waals surface area contributed by atoms with Gasteiger partial charge in [0.15, 0.2) is 0 Å². The molecule has 0 bridgehead atoms. The highest BCUT2D eigenvalue weighted by molar-refractivity contribution is 5.94. The van der Waals surface area contributed by atoms with Gasteiger partial charge in [-0.3, -0.25) is 9.78 Å². The van der Waals surface area contributed by atoms with Gasteiger partial charge in [-0.2, -0.15) is 0 Å². The highest BCUT2D eigenvalue weighted by Gasteiger charge is 2.32. The Bertz CT molecular complexity index is 540. The molecule has 1 amide bonds. The summed E-state index contributed by atoms with van der Waals surface area (Å²) in [5, 5.41) is 0. The molecule has 1 aliphatic rings. The number of carbonyl (C=O) groups is 1. The monoisotopic (exact) mass is 257 g/mol. The third-order valence-corrected chi connectivity index (χ3v) is 3.28. The van der Waals surface area contributed by atoms with Crippen LogP contribution in [0.3, 0.4) is 0 Å². The maximum Gasteiger partial charge on any atom is 0.255 e. The van der Waals surface area contributed by atoms with Gasteiger partial charge in [-0.15, -0.1) is 0 Å². The zero-order valence-corrected chi connectivity index (χ0v) is 11.4. The lowest BCUT2D eigenvalue weighted by atomic mass is 9.93.